The average Bonchev–Trinajstić information content (AvgIpc) is 2.73. The molecule has 7 nitrogen and oxygen atoms in total. The monoisotopic (exact) mass is 456 g/mol. The van der Waals surface area contributed by atoms with E-state index in [1.807, 2.05) is 13.8 Å². The minimum Gasteiger partial charge on any atom is -0.383 e. The van der Waals surface area contributed by atoms with Crippen molar-refractivity contribution < 1.29 is 18.0 Å². The van der Waals surface area contributed by atoms with Crippen LogP contribution in [-0.2, 0) is 12.6 Å². The number of carbonyl (C=O) groups excluding carboxylic acids is 1. The molecular formula is C23H23F3N6O. The van der Waals surface area contributed by atoms with Crippen molar-refractivity contribution in [2.24, 2.45) is 0 Å². The van der Waals surface area contributed by atoms with Crippen molar-refractivity contribution in [2.75, 3.05) is 16.4 Å². The highest BCUT2D eigenvalue weighted by atomic mass is 19.4. The van der Waals surface area contributed by atoms with Crippen molar-refractivity contribution in [2.45, 2.75) is 32.5 Å². The minimum atomic E-state index is -4.54. The summed E-state index contributed by atoms with van der Waals surface area (Å²) < 4.78 is 38.8. The zero-order valence-electron chi connectivity index (χ0n) is 18.0. The van der Waals surface area contributed by atoms with E-state index in [9.17, 15) is 18.0 Å². The molecule has 0 aliphatic rings. The Morgan fingerprint density at radius 1 is 1.12 bits per heavy atom. The number of nitrogens with zero attached hydrogens (tertiary/aromatic N) is 2. The van der Waals surface area contributed by atoms with Crippen molar-refractivity contribution in [3.63, 3.8) is 0 Å². The van der Waals surface area contributed by atoms with E-state index in [-0.39, 0.29) is 29.6 Å². The van der Waals surface area contributed by atoms with E-state index in [1.54, 1.807) is 24.3 Å². The lowest BCUT2D eigenvalue weighted by atomic mass is 10.0. The Balaban J connectivity index is 1.77. The zero-order chi connectivity index (χ0) is 24.2. The average molecular weight is 456 g/mol. The van der Waals surface area contributed by atoms with E-state index in [0.717, 1.165) is 12.1 Å². The van der Waals surface area contributed by atoms with E-state index in [4.69, 9.17) is 11.1 Å². The Bertz CT molecular complexity index is 1180. The van der Waals surface area contributed by atoms with Gasteiger partial charge in [-0.05, 0) is 49.7 Å². The lowest BCUT2D eigenvalue weighted by Crippen LogP contribution is -2.18. The molecule has 10 heteroatoms. The van der Waals surface area contributed by atoms with E-state index in [0.29, 0.717) is 22.6 Å². The standard InChI is InChI=1S/C23H23F3N6O/c1-13(2)31-21-19(20(28)29-12-30-21)18(27)10-14-5-3-8-17(9-14)32-22(33)15-6-4-7-16(11-15)23(24,25)26/h3-9,11-13,27H,10H2,1-2H3,(H,32,33)(H3,28,29,30,31). The highest BCUT2D eigenvalue weighted by Gasteiger charge is 2.30. The van der Waals surface area contributed by atoms with Gasteiger partial charge in [-0.15, -0.1) is 0 Å². The molecule has 0 bridgehead atoms. The lowest BCUT2D eigenvalue weighted by Gasteiger charge is -2.15. The third-order valence-electron chi connectivity index (χ3n) is 4.62. The van der Waals surface area contributed by atoms with Gasteiger partial charge in [0.15, 0.2) is 0 Å². The molecule has 33 heavy (non-hydrogen) atoms. The van der Waals surface area contributed by atoms with Gasteiger partial charge in [-0.3, -0.25) is 4.79 Å². The SMILES string of the molecule is CC(C)Nc1ncnc(N)c1C(=N)Cc1cccc(NC(=O)c2cccc(C(F)(F)F)c2)c1. The van der Waals surface area contributed by atoms with E-state index in [1.165, 1.54) is 18.5 Å². The molecule has 0 fully saturated rings. The van der Waals surface area contributed by atoms with Crippen molar-refractivity contribution in [3.05, 3.63) is 77.1 Å². The maximum atomic E-state index is 12.9. The van der Waals surface area contributed by atoms with Crippen LogP contribution in [0.2, 0.25) is 0 Å². The summed E-state index contributed by atoms with van der Waals surface area (Å²) in [5.74, 6) is -0.0406. The summed E-state index contributed by atoms with van der Waals surface area (Å²) in [4.78, 5) is 20.6. The largest absolute Gasteiger partial charge is 0.416 e. The summed E-state index contributed by atoms with van der Waals surface area (Å²) in [6, 6.07) is 11.0. The number of nitrogen functional groups attached to an aromatic ring is 1. The highest BCUT2D eigenvalue weighted by Crippen LogP contribution is 2.29. The third-order valence-corrected chi connectivity index (χ3v) is 4.62. The first-order chi connectivity index (χ1) is 15.5. The normalized spacial score (nSPS) is 11.3. The summed E-state index contributed by atoms with van der Waals surface area (Å²) in [7, 11) is 0. The predicted molar refractivity (Wildman–Crippen MR) is 122 cm³/mol. The number of nitrogens with one attached hydrogen (secondary N) is 3. The molecule has 0 saturated heterocycles. The minimum absolute atomic E-state index is 0.0697. The van der Waals surface area contributed by atoms with Crippen LogP contribution in [0.5, 0.6) is 0 Å². The topological polar surface area (TPSA) is 117 Å². The van der Waals surface area contributed by atoms with Crippen molar-refractivity contribution in [1.82, 2.24) is 9.97 Å². The Morgan fingerprint density at radius 3 is 2.55 bits per heavy atom. The van der Waals surface area contributed by atoms with Crippen molar-refractivity contribution >= 4 is 28.9 Å². The Kier molecular flexibility index (Phi) is 6.95. The van der Waals surface area contributed by atoms with Crippen LogP contribution < -0.4 is 16.4 Å². The van der Waals surface area contributed by atoms with Gasteiger partial charge in [-0.2, -0.15) is 13.2 Å². The third kappa shape index (κ3) is 6.06. The lowest BCUT2D eigenvalue weighted by molar-refractivity contribution is -0.137. The Hall–Kier alpha value is -3.95. The first-order valence-corrected chi connectivity index (χ1v) is 10.1. The van der Waals surface area contributed by atoms with Gasteiger partial charge in [0, 0.05) is 23.7 Å². The summed E-state index contributed by atoms with van der Waals surface area (Å²) >= 11 is 0. The quantitative estimate of drug-likeness (QED) is 0.383. The summed E-state index contributed by atoms with van der Waals surface area (Å²) in [6.45, 7) is 3.87. The number of rotatable bonds is 7. The first kappa shape index (κ1) is 23.7. The maximum Gasteiger partial charge on any atom is 0.416 e. The summed E-state index contributed by atoms with van der Waals surface area (Å²) in [6.07, 6.45) is -3.04. The molecule has 0 unspecified atom stereocenters. The van der Waals surface area contributed by atoms with E-state index < -0.39 is 17.6 Å². The molecule has 2 aromatic carbocycles. The van der Waals surface area contributed by atoms with Crippen LogP contribution in [0.15, 0.2) is 54.9 Å². The van der Waals surface area contributed by atoms with Crippen molar-refractivity contribution in [3.8, 4) is 0 Å². The fourth-order valence-electron chi connectivity index (χ4n) is 3.17. The van der Waals surface area contributed by atoms with Crippen LogP contribution in [0.3, 0.4) is 0 Å². The molecule has 0 aliphatic heterocycles. The number of halogens is 3. The van der Waals surface area contributed by atoms with Gasteiger partial charge in [-0.1, -0.05) is 18.2 Å². The zero-order valence-corrected chi connectivity index (χ0v) is 18.0. The smallest absolute Gasteiger partial charge is 0.383 e. The Labute approximate surface area is 188 Å². The van der Waals surface area contributed by atoms with Crippen LogP contribution in [0.25, 0.3) is 0 Å². The second-order valence-electron chi connectivity index (χ2n) is 7.67. The van der Waals surface area contributed by atoms with Gasteiger partial charge in [-0.25, -0.2) is 9.97 Å². The number of hydrogen-bond donors (Lipinski definition) is 4. The molecule has 1 aromatic heterocycles. The second-order valence-corrected chi connectivity index (χ2v) is 7.67. The van der Waals surface area contributed by atoms with Gasteiger partial charge in [0.1, 0.15) is 18.0 Å². The van der Waals surface area contributed by atoms with Crippen LogP contribution >= 0.6 is 0 Å². The van der Waals surface area contributed by atoms with Crippen LogP contribution in [0, 0.1) is 5.41 Å². The molecule has 0 spiro atoms. The molecule has 0 radical (unpaired) electrons. The van der Waals surface area contributed by atoms with Gasteiger partial charge < -0.3 is 21.8 Å². The van der Waals surface area contributed by atoms with Crippen LogP contribution in [0.4, 0.5) is 30.5 Å². The van der Waals surface area contributed by atoms with Gasteiger partial charge in [0.25, 0.3) is 5.91 Å². The molecule has 172 valence electrons. The van der Waals surface area contributed by atoms with Crippen molar-refractivity contribution in [1.29, 1.82) is 5.41 Å². The van der Waals surface area contributed by atoms with Crippen LogP contribution in [-0.4, -0.2) is 27.6 Å². The molecule has 3 aromatic rings. The number of nitrogens with two attached hydrogens (primary N) is 1. The van der Waals surface area contributed by atoms with E-state index >= 15 is 0 Å². The maximum absolute atomic E-state index is 12.9. The molecule has 1 amide bonds. The number of anilines is 3. The molecule has 0 saturated carbocycles. The molecule has 3 rings (SSSR count). The molecule has 0 aliphatic carbocycles. The highest BCUT2D eigenvalue weighted by molar-refractivity contribution is 6.07. The van der Waals surface area contributed by atoms with Crippen LogP contribution in [0.1, 0.15) is 40.9 Å². The summed E-state index contributed by atoms with van der Waals surface area (Å²) in [5.41, 5.74) is 6.63. The van der Waals surface area contributed by atoms with Gasteiger partial charge in [0.05, 0.1) is 16.8 Å². The first-order valence-electron chi connectivity index (χ1n) is 10.1. The van der Waals surface area contributed by atoms with Gasteiger partial charge >= 0.3 is 6.18 Å². The number of alkyl halides is 3. The Morgan fingerprint density at radius 2 is 1.85 bits per heavy atom. The predicted octanol–water partition coefficient (Wildman–Crippen LogP) is 4.76. The van der Waals surface area contributed by atoms with Gasteiger partial charge in [0.2, 0.25) is 0 Å². The fraction of sp³-hybridized carbons (Fsp3) is 0.217. The molecule has 1 heterocycles. The molecule has 0 atom stereocenters. The summed E-state index contributed by atoms with van der Waals surface area (Å²) in [5, 5.41) is 14.3. The number of hydrogen-bond acceptors (Lipinski definition) is 6. The number of amides is 1. The molecular weight excluding hydrogens is 433 g/mol. The number of aromatic nitrogens is 2. The fourth-order valence-corrected chi connectivity index (χ4v) is 3.17. The number of benzene rings is 2. The number of carbonyl (C=O) groups is 1. The second kappa shape index (κ2) is 9.68. The van der Waals surface area contributed by atoms with E-state index in [2.05, 4.69) is 20.6 Å². The molecule has 5 N–H and O–H groups in total.